The fraction of sp³-hybridized carbons (Fsp3) is 0.435. The van der Waals surface area contributed by atoms with Crippen LogP contribution in [0.3, 0.4) is 0 Å². The van der Waals surface area contributed by atoms with Crippen LogP contribution in [0.2, 0.25) is 0 Å². The van der Waals surface area contributed by atoms with Gasteiger partial charge in [0.1, 0.15) is 0 Å². The Morgan fingerprint density at radius 2 is 1.29 bits per heavy atom. The molecule has 1 heteroatoms. The van der Waals surface area contributed by atoms with E-state index >= 15 is 0 Å². The van der Waals surface area contributed by atoms with Gasteiger partial charge in [0.15, 0.2) is 0 Å². The van der Waals surface area contributed by atoms with Gasteiger partial charge in [0, 0.05) is 5.37 Å². The molecule has 128 valence electrons. The van der Waals surface area contributed by atoms with Gasteiger partial charge in [-0.3, -0.25) is 0 Å². The van der Waals surface area contributed by atoms with Crippen LogP contribution in [0.1, 0.15) is 77.1 Å². The predicted molar refractivity (Wildman–Crippen MR) is 113 cm³/mol. The van der Waals surface area contributed by atoms with Gasteiger partial charge >= 0.3 is 0 Å². The normalized spacial score (nSPS) is 13.0. The van der Waals surface area contributed by atoms with E-state index in [-0.39, 0.29) is 10.8 Å². The van der Waals surface area contributed by atoms with E-state index in [4.69, 9.17) is 12.2 Å². The topological polar surface area (TPSA) is 0 Å². The number of hydrogen-bond acceptors (Lipinski definition) is 1. The smallest absolute Gasteiger partial charge is 0.00954 e. The second-order valence-electron chi connectivity index (χ2n) is 8.55. The largest absolute Gasteiger partial charge is 0.0880 e. The Hall–Kier alpha value is -1.47. The first-order valence-electron chi connectivity index (χ1n) is 8.84. The highest BCUT2D eigenvalue weighted by Crippen LogP contribution is 2.42. The Morgan fingerprint density at radius 1 is 0.833 bits per heavy atom. The molecule has 0 aliphatic heterocycles. The van der Waals surface area contributed by atoms with Crippen LogP contribution in [-0.2, 0) is 10.8 Å². The minimum absolute atomic E-state index is 0.0372. The Bertz CT molecular complexity index is 780. The SMILES string of the molecule is CC/C=C\c1c(C=S)c(C(C)(C)C)c2ccccc2c1C(C)(C)C. The minimum Gasteiger partial charge on any atom is -0.0880 e. The van der Waals surface area contributed by atoms with Crippen molar-refractivity contribution in [3.8, 4) is 0 Å². The van der Waals surface area contributed by atoms with Crippen molar-refractivity contribution in [2.75, 3.05) is 0 Å². The number of rotatable bonds is 3. The van der Waals surface area contributed by atoms with Crippen LogP contribution in [0.25, 0.3) is 16.8 Å². The maximum atomic E-state index is 5.50. The molecule has 0 saturated carbocycles. The summed E-state index contributed by atoms with van der Waals surface area (Å²) < 4.78 is 0. The molecular weight excluding hydrogens is 308 g/mol. The highest BCUT2D eigenvalue weighted by molar-refractivity contribution is 7.79. The van der Waals surface area contributed by atoms with Crippen LogP contribution < -0.4 is 0 Å². The zero-order chi connectivity index (χ0) is 18.1. The molecule has 0 heterocycles. The highest BCUT2D eigenvalue weighted by Gasteiger charge is 2.28. The van der Waals surface area contributed by atoms with Gasteiger partial charge in [0.25, 0.3) is 0 Å². The van der Waals surface area contributed by atoms with E-state index in [1.165, 1.54) is 33.0 Å². The Balaban J connectivity index is 3.14. The third-order valence-corrected chi connectivity index (χ3v) is 4.67. The lowest BCUT2D eigenvalue weighted by molar-refractivity contribution is 0.584. The standard InChI is InChI=1S/C23H30S/c1-8-9-12-18-19(15-24)21(23(5,6)7)17-14-11-10-13-16(17)20(18)22(2,3)4/h9-15H,8H2,1-7H3/b12-9-. The number of allylic oxidation sites excluding steroid dienone is 1. The second-order valence-corrected chi connectivity index (χ2v) is 8.79. The molecule has 0 N–H and O–H groups in total. The fourth-order valence-electron chi connectivity index (χ4n) is 3.63. The first-order valence-corrected chi connectivity index (χ1v) is 9.31. The van der Waals surface area contributed by atoms with Gasteiger partial charge in [0.2, 0.25) is 0 Å². The molecule has 0 fully saturated rings. The van der Waals surface area contributed by atoms with E-state index in [2.05, 4.69) is 84.9 Å². The van der Waals surface area contributed by atoms with Crippen LogP contribution in [0.4, 0.5) is 0 Å². The number of benzene rings is 2. The Labute approximate surface area is 153 Å². The quantitative estimate of drug-likeness (QED) is 0.533. The summed E-state index contributed by atoms with van der Waals surface area (Å²) in [7, 11) is 0. The molecule has 0 unspecified atom stereocenters. The first-order chi connectivity index (χ1) is 11.1. The third-order valence-electron chi connectivity index (χ3n) is 4.43. The Kier molecular flexibility index (Phi) is 5.34. The summed E-state index contributed by atoms with van der Waals surface area (Å²) in [4.78, 5) is 0. The fourth-order valence-corrected chi connectivity index (χ4v) is 3.87. The van der Waals surface area contributed by atoms with Crippen LogP contribution in [-0.4, -0.2) is 5.37 Å². The van der Waals surface area contributed by atoms with Crippen LogP contribution >= 0.6 is 12.2 Å². The molecule has 0 saturated heterocycles. The summed E-state index contributed by atoms with van der Waals surface area (Å²) in [5.41, 5.74) is 5.35. The lowest BCUT2D eigenvalue weighted by Gasteiger charge is -2.31. The van der Waals surface area contributed by atoms with E-state index in [0.29, 0.717) is 0 Å². The predicted octanol–water partition coefficient (Wildman–Crippen LogP) is 7.21. The minimum atomic E-state index is 0.0372. The molecule has 0 amide bonds. The second kappa shape index (κ2) is 6.80. The van der Waals surface area contributed by atoms with Crippen LogP contribution in [0.15, 0.2) is 30.3 Å². The van der Waals surface area contributed by atoms with Crippen molar-refractivity contribution in [2.24, 2.45) is 0 Å². The molecule has 24 heavy (non-hydrogen) atoms. The highest BCUT2D eigenvalue weighted by atomic mass is 32.1. The Morgan fingerprint density at radius 3 is 1.67 bits per heavy atom. The van der Waals surface area contributed by atoms with Gasteiger partial charge in [-0.1, -0.05) is 97.1 Å². The van der Waals surface area contributed by atoms with Crippen molar-refractivity contribution in [2.45, 2.75) is 65.7 Å². The summed E-state index contributed by atoms with van der Waals surface area (Å²) in [6.07, 6.45) is 5.55. The molecule has 0 aliphatic carbocycles. The molecule has 2 aromatic rings. The van der Waals surface area contributed by atoms with Gasteiger partial charge in [-0.2, -0.15) is 0 Å². The summed E-state index contributed by atoms with van der Waals surface area (Å²) in [5.74, 6) is 0. The van der Waals surface area contributed by atoms with E-state index in [1.807, 2.05) is 5.37 Å². The van der Waals surface area contributed by atoms with Crippen LogP contribution in [0.5, 0.6) is 0 Å². The monoisotopic (exact) mass is 338 g/mol. The molecular formula is C23H30S. The van der Waals surface area contributed by atoms with Gasteiger partial charge in [-0.25, -0.2) is 0 Å². The zero-order valence-corrected chi connectivity index (χ0v) is 17.0. The van der Waals surface area contributed by atoms with Crippen molar-refractivity contribution in [3.05, 3.63) is 52.6 Å². The molecule has 0 nitrogen and oxygen atoms in total. The summed E-state index contributed by atoms with van der Waals surface area (Å²) in [5, 5.41) is 4.57. The van der Waals surface area contributed by atoms with E-state index in [1.54, 1.807) is 0 Å². The van der Waals surface area contributed by atoms with Crippen LogP contribution in [0, 0.1) is 0 Å². The van der Waals surface area contributed by atoms with Gasteiger partial charge in [0.05, 0.1) is 0 Å². The number of fused-ring (bicyclic) bond motifs is 1. The van der Waals surface area contributed by atoms with Crippen molar-refractivity contribution in [1.82, 2.24) is 0 Å². The molecule has 2 rings (SSSR count). The third kappa shape index (κ3) is 3.47. The molecule has 0 atom stereocenters. The van der Waals surface area contributed by atoms with Crippen molar-refractivity contribution < 1.29 is 0 Å². The van der Waals surface area contributed by atoms with E-state index in [9.17, 15) is 0 Å². The lowest BCUT2D eigenvalue weighted by atomic mass is 9.72. The first kappa shape index (κ1) is 18.9. The van der Waals surface area contributed by atoms with E-state index < -0.39 is 0 Å². The van der Waals surface area contributed by atoms with Gasteiger partial charge in [-0.15, -0.1) is 0 Å². The van der Waals surface area contributed by atoms with Crippen molar-refractivity contribution >= 4 is 34.4 Å². The van der Waals surface area contributed by atoms with Gasteiger partial charge < -0.3 is 0 Å². The molecule has 0 aliphatic rings. The van der Waals surface area contributed by atoms with E-state index in [0.717, 1.165) is 6.42 Å². The van der Waals surface area contributed by atoms with Crippen molar-refractivity contribution in [3.63, 3.8) is 0 Å². The van der Waals surface area contributed by atoms with Gasteiger partial charge in [-0.05, 0) is 50.3 Å². The average molecular weight is 339 g/mol. The summed E-state index contributed by atoms with van der Waals surface area (Å²) in [6.45, 7) is 15.9. The molecule has 2 aromatic carbocycles. The number of thiocarbonyl (C=S) groups is 1. The molecule has 0 radical (unpaired) electrons. The van der Waals surface area contributed by atoms with Crippen molar-refractivity contribution in [1.29, 1.82) is 0 Å². The molecule has 0 spiro atoms. The maximum absolute atomic E-state index is 5.50. The summed E-state index contributed by atoms with van der Waals surface area (Å²) >= 11 is 5.50. The average Bonchev–Trinajstić information content (AvgIpc) is 2.48. The molecule has 0 bridgehead atoms. The summed E-state index contributed by atoms with van der Waals surface area (Å²) in [6, 6.07) is 8.80. The zero-order valence-electron chi connectivity index (χ0n) is 16.2. The molecule has 0 aromatic heterocycles. The maximum Gasteiger partial charge on any atom is 0.00954 e. The number of hydrogen-bond donors (Lipinski definition) is 0. The lowest BCUT2D eigenvalue weighted by Crippen LogP contribution is -2.21.